The second-order valence-electron chi connectivity index (χ2n) is 4.59. The SMILES string of the molecule is COCCCC(NC(=O)c1cc(C)ccc1N)C(=O)O. The summed E-state index contributed by atoms with van der Waals surface area (Å²) < 4.78 is 4.87. The molecule has 0 saturated heterocycles. The van der Waals surface area contributed by atoms with Crippen LogP contribution in [0.2, 0.25) is 0 Å². The molecule has 0 fully saturated rings. The highest BCUT2D eigenvalue weighted by atomic mass is 16.5. The molecule has 1 aromatic carbocycles. The van der Waals surface area contributed by atoms with Crippen molar-refractivity contribution >= 4 is 17.6 Å². The van der Waals surface area contributed by atoms with E-state index in [-0.39, 0.29) is 0 Å². The zero-order valence-corrected chi connectivity index (χ0v) is 11.7. The number of hydrogen-bond acceptors (Lipinski definition) is 4. The Bertz CT molecular complexity index is 488. The van der Waals surface area contributed by atoms with E-state index >= 15 is 0 Å². The number of hydrogen-bond donors (Lipinski definition) is 3. The molecule has 0 aliphatic carbocycles. The lowest BCUT2D eigenvalue weighted by Gasteiger charge is -2.15. The smallest absolute Gasteiger partial charge is 0.326 e. The number of anilines is 1. The molecule has 6 nitrogen and oxygen atoms in total. The minimum atomic E-state index is -1.07. The highest BCUT2D eigenvalue weighted by Crippen LogP contribution is 2.14. The third kappa shape index (κ3) is 4.55. The summed E-state index contributed by atoms with van der Waals surface area (Å²) in [6.07, 6.45) is 0.859. The molecule has 0 aliphatic rings. The highest BCUT2D eigenvalue weighted by Gasteiger charge is 2.21. The molecule has 0 spiro atoms. The van der Waals surface area contributed by atoms with E-state index in [4.69, 9.17) is 15.6 Å². The number of amides is 1. The molecule has 0 bridgehead atoms. The Balaban J connectivity index is 2.75. The van der Waals surface area contributed by atoms with Gasteiger partial charge in [-0.05, 0) is 31.9 Å². The van der Waals surface area contributed by atoms with Crippen LogP contribution in [0.25, 0.3) is 0 Å². The second-order valence-corrected chi connectivity index (χ2v) is 4.59. The van der Waals surface area contributed by atoms with Gasteiger partial charge in [0.25, 0.3) is 5.91 Å². The number of carbonyl (C=O) groups is 2. The van der Waals surface area contributed by atoms with Crippen LogP contribution in [-0.2, 0) is 9.53 Å². The van der Waals surface area contributed by atoms with Crippen LogP contribution in [-0.4, -0.2) is 36.7 Å². The molecular weight excluding hydrogens is 260 g/mol. The molecule has 4 N–H and O–H groups in total. The summed E-state index contributed by atoms with van der Waals surface area (Å²) in [4.78, 5) is 23.2. The van der Waals surface area contributed by atoms with Crippen LogP contribution >= 0.6 is 0 Å². The predicted molar refractivity (Wildman–Crippen MR) is 75.6 cm³/mol. The summed E-state index contributed by atoms with van der Waals surface area (Å²) in [5.74, 6) is -1.54. The van der Waals surface area contributed by atoms with Gasteiger partial charge in [0.1, 0.15) is 6.04 Å². The zero-order chi connectivity index (χ0) is 15.1. The zero-order valence-electron chi connectivity index (χ0n) is 11.7. The summed E-state index contributed by atoms with van der Waals surface area (Å²) in [5, 5.41) is 11.6. The number of ether oxygens (including phenoxy) is 1. The molecule has 0 radical (unpaired) electrons. The van der Waals surface area contributed by atoms with Crippen molar-refractivity contribution in [3.05, 3.63) is 29.3 Å². The number of methoxy groups -OCH3 is 1. The molecule has 110 valence electrons. The molecular formula is C14H20N2O4. The van der Waals surface area contributed by atoms with E-state index in [0.717, 1.165) is 5.56 Å². The van der Waals surface area contributed by atoms with Crippen LogP contribution < -0.4 is 11.1 Å². The average Bonchev–Trinajstić information content (AvgIpc) is 2.40. The first-order valence-corrected chi connectivity index (χ1v) is 6.34. The summed E-state index contributed by atoms with van der Waals surface area (Å²) in [6.45, 7) is 2.29. The number of aryl methyl sites for hydroxylation is 1. The van der Waals surface area contributed by atoms with E-state index in [1.807, 2.05) is 6.92 Å². The Labute approximate surface area is 117 Å². The van der Waals surface area contributed by atoms with Crippen LogP contribution in [0.3, 0.4) is 0 Å². The maximum absolute atomic E-state index is 12.1. The van der Waals surface area contributed by atoms with Crippen molar-refractivity contribution < 1.29 is 19.4 Å². The number of nitrogens with one attached hydrogen (secondary N) is 1. The lowest BCUT2D eigenvalue weighted by Crippen LogP contribution is -2.41. The van der Waals surface area contributed by atoms with Gasteiger partial charge in [0.2, 0.25) is 0 Å². The Morgan fingerprint density at radius 1 is 1.45 bits per heavy atom. The Hall–Kier alpha value is -2.08. The molecule has 0 aromatic heterocycles. The quantitative estimate of drug-likeness (QED) is 0.514. The first kappa shape index (κ1) is 16.0. The van der Waals surface area contributed by atoms with E-state index in [0.29, 0.717) is 30.7 Å². The number of carboxylic acids is 1. The van der Waals surface area contributed by atoms with Crippen molar-refractivity contribution in [3.63, 3.8) is 0 Å². The number of aliphatic carboxylic acids is 1. The monoisotopic (exact) mass is 280 g/mol. The number of nitrogens with two attached hydrogens (primary N) is 1. The number of nitrogen functional groups attached to an aromatic ring is 1. The molecule has 6 heteroatoms. The molecule has 20 heavy (non-hydrogen) atoms. The first-order chi connectivity index (χ1) is 9.45. The van der Waals surface area contributed by atoms with Crippen LogP contribution in [0.4, 0.5) is 5.69 Å². The van der Waals surface area contributed by atoms with Gasteiger partial charge in [-0.1, -0.05) is 11.6 Å². The molecule has 1 atom stereocenters. The Kier molecular flexibility index (Phi) is 5.99. The number of rotatable bonds is 7. The van der Waals surface area contributed by atoms with Crippen molar-refractivity contribution in [1.82, 2.24) is 5.32 Å². The molecule has 1 unspecified atom stereocenters. The summed E-state index contributed by atoms with van der Waals surface area (Å²) >= 11 is 0. The van der Waals surface area contributed by atoms with E-state index in [1.165, 1.54) is 0 Å². The molecule has 0 heterocycles. The summed E-state index contributed by atoms with van der Waals surface area (Å²) in [5.41, 5.74) is 7.24. The van der Waals surface area contributed by atoms with Gasteiger partial charge in [0.05, 0.1) is 5.56 Å². The van der Waals surface area contributed by atoms with Crippen LogP contribution in [0.15, 0.2) is 18.2 Å². The van der Waals surface area contributed by atoms with Gasteiger partial charge in [-0.2, -0.15) is 0 Å². The fraction of sp³-hybridized carbons (Fsp3) is 0.429. The van der Waals surface area contributed by atoms with Gasteiger partial charge in [-0.25, -0.2) is 4.79 Å². The van der Waals surface area contributed by atoms with Gasteiger partial charge in [-0.15, -0.1) is 0 Å². The fourth-order valence-corrected chi connectivity index (χ4v) is 1.79. The average molecular weight is 280 g/mol. The Morgan fingerprint density at radius 2 is 2.15 bits per heavy atom. The van der Waals surface area contributed by atoms with Crippen LogP contribution in [0.1, 0.15) is 28.8 Å². The molecule has 0 saturated carbocycles. The molecule has 0 aliphatic heterocycles. The van der Waals surface area contributed by atoms with Gasteiger partial charge in [-0.3, -0.25) is 4.79 Å². The van der Waals surface area contributed by atoms with Crippen molar-refractivity contribution in [1.29, 1.82) is 0 Å². The van der Waals surface area contributed by atoms with Crippen LogP contribution in [0.5, 0.6) is 0 Å². The largest absolute Gasteiger partial charge is 0.480 e. The minimum Gasteiger partial charge on any atom is -0.480 e. The van der Waals surface area contributed by atoms with Gasteiger partial charge < -0.3 is 20.9 Å². The first-order valence-electron chi connectivity index (χ1n) is 6.34. The van der Waals surface area contributed by atoms with Gasteiger partial charge >= 0.3 is 5.97 Å². The number of benzene rings is 1. The molecule has 1 amide bonds. The normalized spacial score (nSPS) is 11.9. The molecule has 1 aromatic rings. The maximum atomic E-state index is 12.1. The van der Waals surface area contributed by atoms with E-state index in [9.17, 15) is 9.59 Å². The van der Waals surface area contributed by atoms with Crippen molar-refractivity contribution in [2.75, 3.05) is 19.5 Å². The van der Waals surface area contributed by atoms with Crippen molar-refractivity contribution in [3.8, 4) is 0 Å². The minimum absolute atomic E-state index is 0.294. The fourth-order valence-electron chi connectivity index (χ4n) is 1.79. The topological polar surface area (TPSA) is 102 Å². The van der Waals surface area contributed by atoms with Crippen LogP contribution in [0, 0.1) is 6.92 Å². The standard InChI is InChI=1S/C14H20N2O4/c1-9-5-6-11(15)10(8-9)13(17)16-12(14(18)19)4-3-7-20-2/h5-6,8,12H,3-4,7,15H2,1-2H3,(H,16,17)(H,18,19). The Morgan fingerprint density at radius 3 is 2.75 bits per heavy atom. The number of carboxylic acid groups (broad SMARTS) is 1. The van der Waals surface area contributed by atoms with E-state index in [1.54, 1.807) is 25.3 Å². The second kappa shape index (κ2) is 7.49. The lowest BCUT2D eigenvalue weighted by molar-refractivity contribution is -0.139. The lowest BCUT2D eigenvalue weighted by atomic mass is 10.1. The molecule has 1 rings (SSSR count). The van der Waals surface area contributed by atoms with Gasteiger partial charge in [0, 0.05) is 19.4 Å². The van der Waals surface area contributed by atoms with Gasteiger partial charge in [0.15, 0.2) is 0 Å². The summed E-state index contributed by atoms with van der Waals surface area (Å²) in [7, 11) is 1.54. The number of carbonyl (C=O) groups excluding carboxylic acids is 1. The van der Waals surface area contributed by atoms with E-state index in [2.05, 4.69) is 5.32 Å². The maximum Gasteiger partial charge on any atom is 0.326 e. The van der Waals surface area contributed by atoms with Crippen molar-refractivity contribution in [2.45, 2.75) is 25.8 Å². The predicted octanol–water partition coefficient (Wildman–Crippen LogP) is 1.19. The third-order valence-electron chi connectivity index (χ3n) is 2.90. The highest BCUT2D eigenvalue weighted by molar-refractivity contribution is 6.01. The van der Waals surface area contributed by atoms with Crippen molar-refractivity contribution in [2.24, 2.45) is 0 Å². The summed E-state index contributed by atoms with van der Waals surface area (Å²) in [6, 6.07) is 4.11. The van der Waals surface area contributed by atoms with E-state index < -0.39 is 17.9 Å². The third-order valence-corrected chi connectivity index (χ3v) is 2.90.